The molecule has 0 spiro atoms. The van der Waals surface area contributed by atoms with E-state index < -0.39 is 0 Å². The normalized spacial score (nSPS) is 18.5. The van der Waals surface area contributed by atoms with Gasteiger partial charge in [-0.05, 0) is 60.4 Å². The van der Waals surface area contributed by atoms with Crippen molar-refractivity contribution >= 4 is 23.2 Å². The highest BCUT2D eigenvalue weighted by atomic mass is 35.5. The Hall–Kier alpha value is -2.78. The number of benzene rings is 3. The Bertz CT molecular complexity index is 1050. The van der Waals surface area contributed by atoms with Crippen LogP contribution in [0, 0.1) is 0 Å². The number of fused-ring (bicyclic) bond motifs is 1. The van der Waals surface area contributed by atoms with Crippen molar-refractivity contribution in [2.24, 2.45) is 0 Å². The van der Waals surface area contributed by atoms with Crippen LogP contribution in [0.15, 0.2) is 72.8 Å². The van der Waals surface area contributed by atoms with E-state index in [1.165, 1.54) is 16.8 Å². The third-order valence-corrected chi connectivity index (χ3v) is 6.74. The van der Waals surface area contributed by atoms with Crippen molar-refractivity contribution in [2.45, 2.75) is 51.7 Å². The predicted molar refractivity (Wildman–Crippen MR) is 129 cm³/mol. The lowest BCUT2D eigenvalue weighted by molar-refractivity contribution is 0.0935. The lowest BCUT2D eigenvalue weighted by Gasteiger charge is -2.26. The molecule has 3 nitrogen and oxygen atoms in total. The van der Waals surface area contributed by atoms with Gasteiger partial charge in [0.1, 0.15) is 0 Å². The molecule has 3 atom stereocenters. The second kappa shape index (κ2) is 9.15. The fraction of sp³-hybridized carbons (Fsp3) is 0.296. The molecule has 4 heteroatoms. The molecule has 31 heavy (non-hydrogen) atoms. The standard InChI is InChI=1S/C27H29ClN2O/c1-4-25(21-8-6-5-7-9-21)29-27(31)22-12-15-26-24(16-22)18(2)19(3)30(26)17-20-10-13-23(28)14-11-20/h5-16,18-19,25H,4,17H2,1-3H3,(H,29,31). The molecule has 1 aliphatic heterocycles. The van der Waals surface area contributed by atoms with Crippen LogP contribution in [0.1, 0.15) is 66.2 Å². The van der Waals surface area contributed by atoms with Gasteiger partial charge in [-0.3, -0.25) is 4.79 Å². The number of carbonyl (C=O) groups is 1. The molecule has 3 aromatic carbocycles. The molecule has 0 fully saturated rings. The van der Waals surface area contributed by atoms with Gasteiger partial charge in [-0.15, -0.1) is 0 Å². The van der Waals surface area contributed by atoms with Crippen molar-refractivity contribution in [3.63, 3.8) is 0 Å². The first-order valence-corrected chi connectivity index (χ1v) is 11.4. The average molecular weight is 433 g/mol. The van der Waals surface area contributed by atoms with Gasteiger partial charge < -0.3 is 10.2 Å². The smallest absolute Gasteiger partial charge is 0.251 e. The van der Waals surface area contributed by atoms with Gasteiger partial charge in [-0.25, -0.2) is 0 Å². The molecule has 0 radical (unpaired) electrons. The lowest BCUT2D eigenvalue weighted by atomic mass is 9.96. The summed E-state index contributed by atoms with van der Waals surface area (Å²) in [6, 6.07) is 24.7. The SMILES string of the molecule is CCC(NC(=O)c1ccc2c(c1)C(C)C(C)N2Cc1ccc(Cl)cc1)c1ccccc1. The number of rotatable bonds is 6. The highest BCUT2D eigenvalue weighted by Crippen LogP contribution is 2.42. The Labute approximate surface area is 190 Å². The number of carbonyl (C=O) groups excluding carboxylic acids is 1. The topological polar surface area (TPSA) is 32.3 Å². The van der Waals surface area contributed by atoms with Crippen LogP contribution < -0.4 is 10.2 Å². The number of nitrogens with zero attached hydrogens (tertiary/aromatic N) is 1. The van der Waals surface area contributed by atoms with E-state index in [1.807, 2.05) is 36.4 Å². The van der Waals surface area contributed by atoms with Crippen LogP contribution in [0.2, 0.25) is 5.02 Å². The summed E-state index contributed by atoms with van der Waals surface area (Å²) in [4.78, 5) is 15.5. The molecule has 0 bridgehead atoms. The van der Waals surface area contributed by atoms with Crippen molar-refractivity contribution in [3.8, 4) is 0 Å². The van der Waals surface area contributed by atoms with Crippen LogP contribution in [0.5, 0.6) is 0 Å². The first-order valence-electron chi connectivity index (χ1n) is 11.0. The van der Waals surface area contributed by atoms with Gasteiger partial charge in [0.25, 0.3) is 5.91 Å². The van der Waals surface area contributed by atoms with Crippen molar-refractivity contribution < 1.29 is 4.79 Å². The zero-order valence-corrected chi connectivity index (χ0v) is 19.1. The van der Waals surface area contributed by atoms with Crippen LogP contribution in [0.25, 0.3) is 0 Å². The zero-order chi connectivity index (χ0) is 22.0. The van der Waals surface area contributed by atoms with E-state index in [9.17, 15) is 4.79 Å². The summed E-state index contributed by atoms with van der Waals surface area (Å²) in [7, 11) is 0. The molecule has 0 saturated carbocycles. The number of hydrogen-bond acceptors (Lipinski definition) is 2. The first-order chi connectivity index (χ1) is 15.0. The Morgan fingerprint density at radius 2 is 1.74 bits per heavy atom. The number of halogens is 1. The van der Waals surface area contributed by atoms with E-state index in [0.717, 1.165) is 29.1 Å². The van der Waals surface area contributed by atoms with Gasteiger partial charge in [0.15, 0.2) is 0 Å². The average Bonchev–Trinajstić information content (AvgIpc) is 3.03. The Morgan fingerprint density at radius 3 is 2.42 bits per heavy atom. The maximum atomic E-state index is 13.0. The van der Waals surface area contributed by atoms with Gasteiger partial charge in [0.2, 0.25) is 0 Å². The predicted octanol–water partition coefficient (Wildman–Crippen LogP) is 6.73. The summed E-state index contributed by atoms with van der Waals surface area (Å²) in [5, 5.41) is 3.96. The van der Waals surface area contributed by atoms with Crippen LogP contribution in [-0.2, 0) is 6.54 Å². The molecule has 1 N–H and O–H groups in total. The molecule has 1 amide bonds. The Balaban J connectivity index is 1.55. The van der Waals surface area contributed by atoms with Crippen LogP contribution in [-0.4, -0.2) is 11.9 Å². The second-order valence-electron chi connectivity index (χ2n) is 8.40. The van der Waals surface area contributed by atoms with Gasteiger partial charge in [-0.1, -0.05) is 67.9 Å². The Morgan fingerprint density at radius 1 is 1.03 bits per heavy atom. The molecule has 0 aliphatic carbocycles. The fourth-order valence-corrected chi connectivity index (χ4v) is 4.56. The molecule has 3 aromatic rings. The molecule has 4 rings (SSSR count). The summed E-state index contributed by atoms with van der Waals surface area (Å²) in [5.41, 5.74) is 5.53. The molecule has 1 aliphatic rings. The third kappa shape index (κ3) is 4.47. The van der Waals surface area contributed by atoms with E-state index in [2.05, 4.69) is 67.4 Å². The Kier molecular flexibility index (Phi) is 6.33. The van der Waals surface area contributed by atoms with Crippen LogP contribution in [0.4, 0.5) is 5.69 Å². The van der Waals surface area contributed by atoms with E-state index in [4.69, 9.17) is 11.6 Å². The molecule has 0 saturated heterocycles. The highest BCUT2D eigenvalue weighted by Gasteiger charge is 2.33. The largest absolute Gasteiger partial charge is 0.364 e. The van der Waals surface area contributed by atoms with Gasteiger partial charge in [-0.2, -0.15) is 0 Å². The first kappa shape index (κ1) is 21.5. The molecular formula is C27H29ClN2O. The van der Waals surface area contributed by atoms with E-state index in [0.29, 0.717) is 12.0 Å². The number of anilines is 1. The fourth-order valence-electron chi connectivity index (χ4n) is 4.43. The molecule has 160 valence electrons. The maximum absolute atomic E-state index is 13.0. The summed E-state index contributed by atoms with van der Waals surface area (Å²) < 4.78 is 0. The zero-order valence-electron chi connectivity index (χ0n) is 18.3. The monoisotopic (exact) mass is 432 g/mol. The highest BCUT2D eigenvalue weighted by molar-refractivity contribution is 6.30. The van der Waals surface area contributed by atoms with E-state index in [-0.39, 0.29) is 11.9 Å². The molecule has 0 aromatic heterocycles. The minimum atomic E-state index is -0.0190. The number of amides is 1. The number of nitrogens with one attached hydrogen (secondary N) is 1. The molecule has 1 heterocycles. The van der Waals surface area contributed by atoms with Crippen LogP contribution in [0.3, 0.4) is 0 Å². The summed E-state index contributed by atoms with van der Waals surface area (Å²) in [6.07, 6.45) is 0.850. The van der Waals surface area contributed by atoms with Crippen LogP contribution >= 0.6 is 11.6 Å². The third-order valence-electron chi connectivity index (χ3n) is 6.49. The van der Waals surface area contributed by atoms with E-state index >= 15 is 0 Å². The number of hydrogen-bond donors (Lipinski definition) is 1. The van der Waals surface area contributed by atoms with Crippen molar-refractivity contribution in [1.29, 1.82) is 0 Å². The molecule has 3 unspecified atom stereocenters. The summed E-state index contributed by atoms with van der Waals surface area (Å²) in [6.45, 7) is 7.42. The molecular weight excluding hydrogens is 404 g/mol. The summed E-state index contributed by atoms with van der Waals surface area (Å²) >= 11 is 6.04. The van der Waals surface area contributed by atoms with Crippen molar-refractivity contribution in [3.05, 3.63) is 100 Å². The van der Waals surface area contributed by atoms with Crippen molar-refractivity contribution in [1.82, 2.24) is 5.32 Å². The second-order valence-corrected chi connectivity index (χ2v) is 8.84. The lowest BCUT2D eigenvalue weighted by Crippen LogP contribution is -2.30. The van der Waals surface area contributed by atoms with Crippen molar-refractivity contribution in [2.75, 3.05) is 4.90 Å². The quantitative estimate of drug-likeness (QED) is 0.468. The van der Waals surface area contributed by atoms with E-state index in [1.54, 1.807) is 0 Å². The van der Waals surface area contributed by atoms with Gasteiger partial charge in [0, 0.05) is 34.8 Å². The van der Waals surface area contributed by atoms with Gasteiger partial charge in [0.05, 0.1) is 6.04 Å². The summed E-state index contributed by atoms with van der Waals surface area (Å²) in [5.74, 6) is 0.334. The minimum Gasteiger partial charge on any atom is -0.364 e. The van der Waals surface area contributed by atoms with Gasteiger partial charge >= 0.3 is 0 Å². The maximum Gasteiger partial charge on any atom is 0.251 e. The minimum absolute atomic E-state index is 0.0136.